The Morgan fingerprint density at radius 3 is 3.00 bits per heavy atom. The van der Waals surface area contributed by atoms with Gasteiger partial charge in [-0.2, -0.15) is 5.26 Å². The van der Waals surface area contributed by atoms with Crippen molar-refractivity contribution in [3.05, 3.63) is 23.9 Å². The van der Waals surface area contributed by atoms with Gasteiger partial charge in [-0.15, -0.1) is 0 Å². The molecule has 0 atom stereocenters. The largest absolute Gasteiger partial charge is 0.478 e. The van der Waals surface area contributed by atoms with E-state index in [0.29, 0.717) is 5.03 Å². The molecule has 0 radical (unpaired) electrons. The van der Waals surface area contributed by atoms with Crippen molar-refractivity contribution in [1.82, 2.24) is 10.3 Å². The van der Waals surface area contributed by atoms with Gasteiger partial charge in [-0.05, 0) is 12.1 Å². The maximum absolute atomic E-state index is 11.2. The van der Waals surface area contributed by atoms with Gasteiger partial charge < -0.3 is 10.4 Å². The van der Waals surface area contributed by atoms with E-state index in [-0.39, 0.29) is 23.8 Å². The number of hydrogen-bond donors (Lipinski definition) is 2. The second-order valence-corrected chi connectivity index (χ2v) is 3.91. The fourth-order valence-corrected chi connectivity index (χ4v) is 1.68. The Hall–Kier alpha value is -2.07. The number of carbonyl (C=O) groups excluding carboxylic acids is 1. The summed E-state index contributed by atoms with van der Waals surface area (Å²) in [7, 11) is 0. The van der Waals surface area contributed by atoms with Crippen molar-refractivity contribution < 1.29 is 14.7 Å². The highest BCUT2D eigenvalue weighted by atomic mass is 32.2. The summed E-state index contributed by atoms with van der Waals surface area (Å²) >= 11 is 1.11. The van der Waals surface area contributed by atoms with Crippen LogP contribution < -0.4 is 5.32 Å². The molecule has 0 aliphatic carbocycles. The molecule has 17 heavy (non-hydrogen) atoms. The molecule has 0 fully saturated rings. The molecule has 1 rings (SSSR count). The first-order valence-corrected chi connectivity index (χ1v) is 5.58. The average Bonchev–Trinajstić information content (AvgIpc) is 2.34. The van der Waals surface area contributed by atoms with E-state index in [1.165, 1.54) is 18.3 Å². The van der Waals surface area contributed by atoms with E-state index in [9.17, 15) is 9.59 Å². The van der Waals surface area contributed by atoms with Crippen LogP contribution in [0, 0.1) is 11.3 Å². The predicted molar refractivity (Wildman–Crippen MR) is 60.5 cm³/mol. The Bertz CT molecular complexity index is 470. The summed E-state index contributed by atoms with van der Waals surface area (Å²) in [6.07, 6.45) is 1.37. The van der Waals surface area contributed by atoms with Crippen LogP contribution in [0.4, 0.5) is 0 Å². The maximum Gasteiger partial charge on any atom is 0.335 e. The Balaban J connectivity index is 2.52. The lowest BCUT2D eigenvalue weighted by molar-refractivity contribution is -0.118. The van der Waals surface area contributed by atoms with Crippen molar-refractivity contribution in [3.8, 4) is 6.07 Å². The first-order valence-electron chi connectivity index (χ1n) is 4.59. The first kappa shape index (κ1) is 13.0. The number of nitrogens with zero attached hydrogens (tertiary/aromatic N) is 2. The van der Waals surface area contributed by atoms with Gasteiger partial charge in [-0.3, -0.25) is 4.79 Å². The van der Waals surface area contributed by atoms with Gasteiger partial charge in [0.1, 0.15) is 6.54 Å². The van der Waals surface area contributed by atoms with Gasteiger partial charge in [0.2, 0.25) is 5.91 Å². The van der Waals surface area contributed by atoms with Crippen LogP contribution >= 0.6 is 11.8 Å². The van der Waals surface area contributed by atoms with Crippen LogP contribution in [0.3, 0.4) is 0 Å². The van der Waals surface area contributed by atoms with Crippen molar-refractivity contribution in [2.45, 2.75) is 5.03 Å². The number of nitriles is 1. The van der Waals surface area contributed by atoms with Gasteiger partial charge in [-0.1, -0.05) is 11.8 Å². The fraction of sp³-hybridized carbons (Fsp3) is 0.200. The van der Waals surface area contributed by atoms with E-state index in [2.05, 4.69) is 10.3 Å². The number of aromatic carboxylic acids is 1. The summed E-state index contributed by atoms with van der Waals surface area (Å²) in [5.41, 5.74) is 0.125. The Morgan fingerprint density at radius 2 is 2.35 bits per heavy atom. The van der Waals surface area contributed by atoms with Crippen LogP contribution in [0.2, 0.25) is 0 Å². The molecular weight excluding hydrogens is 242 g/mol. The highest BCUT2D eigenvalue weighted by Crippen LogP contribution is 2.15. The minimum atomic E-state index is -1.04. The minimum Gasteiger partial charge on any atom is -0.478 e. The lowest BCUT2D eigenvalue weighted by Gasteiger charge is -2.01. The van der Waals surface area contributed by atoms with Crippen molar-refractivity contribution >= 4 is 23.6 Å². The van der Waals surface area contributed by atoms with Crippen LogP contribution in [0.15, 0.2) is 23.4 Å². The maximum atomic E-state index is 11.2. The van der Waals surface area contributed by atoms with Crippen LogP contribution in [-0.4, -0.2) is 34.3 Å². The van der Waals surface area contributed by atoms with Crippen molar-refractivity contribution in [1.29, 1.82) is 5.26 Å². The van der Waals surface area contributed by atoms with Crippen molar-refractivity contribution in [2.24, 2.45) is 0 Å². The Kier molecular flexibility index (Phi) is 4.97. The van der Waals surface area contributed by atoms with E-state index in [1.807, 2.05) is 0 Å². The number of carbonyl (C=O) groups is 2. The van der Waals surface area contributed by atoms with E-state index < -0.39 is 5.97 Å². The second kappa shape index (κ2) is 6.50. The van der Waals surface area contributed by atoms with E-state index in [1.54, 1.807) is 6.07 Å². The average molecular weight is 251 g/mol. The van der Waals surface area contributed by atoms with Gasteiger partial charge in [0, 0.05) is 6.20 Å². The molecule has 2 N–H and O–H groups in total. The standard InChI is InChI=1S/C10H9N3O3S/c11-2-4-12-8(14)6-17-9-5-7(10(15)16)1-3-13-9/h1,3,5H,4,6H2,(H,12,14)(H,15,16). The zero-order chi connectivity index (χ0) is 12.7. The molecule has 1 amide bonds. The molecule has 0 aromatic carbocycles. The topological polar surface area (TPSA) is 103 Å². The summed E-state index contributed by atoms with van der Waals surface area (Å²) in [6.45, 7) is -0.0397. The number of rotatable bonds is 5. The molecule has 1 aromatic heterocycles. The molecule has 7 heteroatoms. The van der Waals surface area contributed by atoms with Crippen molar-refractivity contribution in [3.63, 3.8) is 0 Å². The minimum absolute atomic E-state index is 0.0397. The number of hydrogen-bond acceptors (Lipinski definition) is 5. The normalized spacial score (nSPS) is 9.35. The quantitative estimate of drug-likeness (QED) is 0.584. The number of nitrogens with one attached hydrogen (secondary N) is 1. The van der Waals surface area contributed by atoms with Gasteiger partial charge >= 0.3 is 5.97 Å². The SMILES string of the molecule is N#CCNC(=O)CSc1cc(C(=O)O)ccn1. The molecule has 0 unspecified atom stereocenters. The van der Waals surface area contributed by atoms with Gasteiger partial charge in [0.05, 0.1) is 22.4 Å². The molecule has 0 saturated carbocycles. The molecule has 88 valence electrons. The molecule has 1 aromatic rings. The first-order chi connectivity index (χ1) is 8.13. The summed E-state index contributed by atoms with van der Waals surface area (Å²) in [6, 6.07) is 4.56. The lowest BCUT2D eigenvalue weighted by Crippen LogP contribution is -2.25. The highest BCUT2D eigenvalue weighted by molar-refractivity contribution is 7.99. The summed E-state index contributed by atoms with van der Waals surface area (Å²) < 4.78 is 0. The molecule has 1 heterocycles. The molecule has 0 bridgehead atoms. The molecular formula is C10H9N3O3S. The summed E-state index contributed by atoms with van der Waals surface area (Å²) in [5.74, 6) is -1.24. The molecule has 0 saturated heterocycles. The number of thioether (sulfide) groups is 1. The van der Waals surface area contributed by atoms with Crippen molar-refractivity contribution in [2.75, 3.05) is 12.3 Å². The molecule has 0 aliphatic heterocycles. The number of pyridine rings is 1. The Labute approximate surface area is 102 Å². The second-order valence-electron chi connectivity index (χ2n) is 2.91. The lowest BCUT2D eigenvalue weighted by atomic mass is 10.3. The fourth-order valence-electron chi connectivity index (χ4n) is 0.950. The van der Waals surface area contributed by atoms with E-state index >= 15 is 0 Å². The zero-order valence-electron chi connectivity index (χ0n) is 8.71. The van der Waals surface area contributed by atoms with Gasteiger partial charge in [-0.25, -0.2) is 9.78 Å². The van der Waals surface area contributed by atoms with Crippen LogP contribution in [0.1, 0.15) is 10.4 Å². The third-order valence-corrected chi connectivity index (χ3v) is 2.62. The highest BCUT2D eigenvalue weighted by Gasteiger charge is 2.06. The van der Waals surface area contributed by atoms with E-state index in [4.69, 9.17) is 10.4 Å². The smallest absolute Gasteiger partial charge is 0.335 e. The predicted octanol–water partition coefficient (Wildman–Crippen LogP) is 0.512. The molecule has 6 nitrogen and oxygen atoms in total. The monoisotopic (exact) mass is 251 g/mol. The summed E-state index contributed by atoms with van der Waals surface area (Å²) in [5, 5.41) is 19.8. The number of amides is 1. The van der Waals surface area contributed by atoms with E-state index in [0.717, 1.165) is 11.8 Å². The third-order valence-electron chi connectivity index (χ3n) is 1.70. The van der Waals surface area contributed by atoms with Crippen LogP contribution in [-0.2, 0) is 4.79 Å². The van der Waals surface area contributed by atoms with Crippen LogP contribution in [0.25, 0.3) is 0 Å². The number of carboxylic acid groups (broad SMARTS) is 1. The van der Waals surface area contributed by atoms with Gasteiger partial charge in [0.25, 0.3) is 0 Å². The molecule has 0 spiro atoms. The summed E-state index contributed by atoms with van der Waals surface area (Å²) in [4.78, 5) is 25.8. The Morgan fingerprint density at radius 1 is 1.59 bits per heavy atom. The zero-order valence-corrected chi connectivity index (χ0v) is 9.53. The van der Waals surface area contributed by atoms with Gasteiger partial charge in [0.15, 0.2) is 0 Å². The number of carboxylic acids is 1. The number of aromatic nitrogens is 1. The third kappa shape index (κ3) is 4.53. The molecule has 0 aliphatic rings. The van der Waals surface area contributed by atoms with Crippen LogP contribution in [0.5, 0.6) is 0 Å².